The van der Waals surface area contributed by atoms with E-state index in [1.165, 1.54) is 5.56 Å². The topological polar surface area (TPSA) is 49.7 Å². The van der Waals surface area contributed by atoms with Crippen molar-refractivity contribution in [2.24, 2.45) is 4.99 Å². The van der Waals surface area contributed by atoms with Gasteiger partial charge in [-0.2, -0.15) is 0 Å². The number of fused-ring (bicyclic) bond motifs is 1. The highest BCUT2D eigenvalue weighted by Crippen LogP contribution is 2.47. The van der Waals surface area contributed by atoms with Crippen LogP contribution in [0, 0.1) is 0 Å². The monoisotopic (exact) mass is 406 g/mol. The molecule has 1 aliphatic heterocycles. The number of amides is 1. The number of carbonyl (C=O) groups excluding carboxylic acids is 2. The molecule has 0 saturated heterocycles. The molecule has 4 rings (SSSR count). The molecule has 2 aromatic carbocycles. The summed E-state index contributed by atoms with van der Waals surface area (Å²) in [6.07, 6.45) is 4.25. The van der Waals surface area contributed by atoms with Crippen LogP contribution < -0.4 is 4.90 Å². The van der Waals surface area contributed by atoms with Crippen LogP contribution in [-0.2, 0) is 10.2 Å². The van der Waals surface area contributed by atoms with Crippen molar-refractivity contribution in [3.8, 4) is 0 Å². The van der Waals surface area contributed by atoms with Crippen molar-refractivity contribution in [2.45, 2.75) is 38.5 Å². The molecule has 5 heteroatoms. The molecule has 148 valence electrons. The van der Waals surface area contributed by atoms with Gasteiger partial charge in [0.05, 0.1) is 16.3 Å². The summed E-state index contributed by atoms with van der Waals surface area (Å²) in [5.41, 5.74) is 5.42. The minimum atomic E-state index is -0.431. The Morgan fingerprint density at radius 1 is 1.17 bits per heavy atom. The lowest BCUT2D eigenvalue weighted by Crippen LogP contribution is -2.26. The van der Waals surface area contributed by atoms with Crippen LogP contribution in [0.5, 0.6) is 0 Å². The van der Waals surface area contributed by atoms with Crippen molar-refractivity contribution in [3.63, 3.8) is 0 Å². The number of rotatable bonds is 3. The zero-order valence-corrected chi connectivity index (χ0v) is 17.4. The molecular weight excluding hydrogens is 384 g/mol. The molecule has 0 fully saturated rings. The number of allylic oxidation sites excluding steroid dienone is 2. The molecule has 1 heterocycles. The predicted molar refractivity (Wildman–Crippen MR) is 119 cm³/mol. The number of carbonyl (C=O) groups is 2. The van der Waals surface area contributed by atoms with Crippen LogP contribution in [0.2, 0.25) is 5.02 Å². The van der Waals surface area contributed by atoms with Gasteiger partial charge in [-0.1, -0.05) is 37.6 Å². The summed E-state index contributed by atoms with van der Waals surface area (Å²) in [4.78, 5) is 30.0. The maximum atomic E-state index is 12.4. The molecule has 0 N–H and O–H groups in total. The van der Waals surface area contributed by atoms with E-state index < -0.39 is 5.91 Å². The first-order chi connectivity index (χ1) is 13.8. The van der Waals surface area contributed by atoms with Crippen LogP contribution in [0.25, 0.3) is 5.57 Å². The SMILES string of the molecule is C=NC(=O)c1c(Cl)cccc1N1CC(C)(C)c2cc(C3=CC(=O)CCC3)ccc21. The summed E-state index contributed by atoms with van der Waals surface area (Å²) in [5.74, 6) is -0.231. The molecule has 1 amide bonds. The maximum Gasteiger partial charge on any atom is 0.280 e. The van der Waals surface area contributed by atoms with E-state index in [4.69, 9.17) is 11.6 Å². The zero-order chi connectivity index (χ0) is 20.8. The summed E-state index contributed by atoms with van der Waals surface area (Å²) in [6.45, 7) is 8.46. The smallest absolute Gasteiger partial charge is 0.280 e. The molecule has 0 saturated carbocycles. The maximum absolute atomic E-state index is 12.4. The van der Waals surface area contributed by atoms with Gasteiger partial charge in [0.1, 0.15) is 0 Å². The van der Waals surface area contributed by atoms with Gasteiger partial charge in [-0.25, -0.2) is 4.99 Å². The molecule has 4 nitrogen and oxygen atoms in total. The number of aliphatic imine (C=N–C) groups is 1. The van der Waals surface area contributed by atoms with E-state index in [2.05, 4.69) is 48.7 Å². The van der Waals surface area contributed by atoms with Gasteiger partial charge in [0.15, 0.2) is 5.78 Å². The van der Waals surface area contributed by atoms with E-state index in [0.717, 1.165) is 35.4 Å². The fourth-order valence-corrected chi connectivity index (χ4v) is 4.59. The van der Waals surface area contributed by atoms with E-state index in [0.29, 0.717) is 23.6 Å². The quantitative estimate of drug-likeness (QED) is 0.610. The summed E-state index contributed by atoms with van der Waals surface area (Å²) < 4.78 is 0. The number of anilines is 2. The first kappa shape index (κ1) is 19.6. The van der Waals surface area contributed by atoms with E-state index in [1.807, 2.05) is 12.1 Å². The number of hydrogen-bond acceptors (Lipinski definition) is 3. The standard InChI is InChI=1S/C24H23ClN2O2/c1-24(2)14-27(21-9-5-8-19(25)22(21)23(29)26-3)20-11-10-16(13-18(20)24)15-6-4-7-17(28)12-15/h5,8-13H,3-4,6-7,14H2,1-2H3. The van der Waals surface area contributed by atoms with Crippen molar-refractivity contribution in [1.29, 1.82) is 0 Å². The summed E-state index contributed by atoms with van der Waals surface area (Å²) in [5, 5.41) is 0.369. The molecule has 2 aliphatic rings. The third-order valence-corrected chi connectivity index (χ3v) is 6.10. The summed E-state index contributed by atoms with van der Waals surface area (Å²) >= 11 is 6.35. The Kier molecular flexibility index (Phi) is 4.91. The number of nitrogens with zero attached hydrogens (tertiary/aromatic N) is 2. The van der Waals surface area contributed by atoms with Crippen LogP contribution >= 0.6 is 11.6 Å². The van der Waals surface area contributed by atoms with E-state index in [9.17, 15) is 9.59 Å². The lowest BCUT2D eigenvalue weighted by atomic mass is 9.84. The van der Waals surface area contributed by atoms with Crippen LogP contribution in [0.3, 0.4) is 0 Å². The fourth-order valence-electron chi connectivity index (χ4n) is 4.34. The lowest BCUT2D eigenvalue weighted by molar-refractivity contribution is -0.114. The van der Waals surface area contributed by atoms with Crippen LogP contribution in [0.4, 0.5) is 11.4 Å². The number of ketones is 1. The number of benzene rings is 2. The average molecular weight is 407 g/mol. The summed E-state index contributed by atoms with van der Waals surface area (Å²) in [6, 6.07) is 11.8. The van der Waals surface area contributed by atoms with Gasteiger partial charge in [-0.3, -0.25) is 9.59 Å². The average Bonchev–Trinajstić information content (AvgIpc) is 2.97. The second-order valence-electron chi connectivity index (χ2n) is 8.29. The van der Waals surface area contributed by atoms with Crippen LogP contribution in [0.1, 0.15) is 54.6 Å². The molecule has 0 spiro atoms. The largest absolute Gasteiger partial charge is 0.340 e. The molecule has 2 aromatic rings. The first-order valence-corrected chi connectivity index (χ1v) is 10.1. The Hall–Kier alpha value is -2.72. The Morgan fingerprint density at radius 3 is 2.69 bits per heavy atom. The number of halogens is 1. The molecule has 0 bridgehead atoms. The highest BCUT2D eigenvalue weighted by atomic mass is 35.5. The molecule has 29 heavy (non-hydrogen) atoms. The van der Waals surface area contributed by atoms with Gasteiger partial charge < -0.3 is 4.90 Å². The third-order valence-electron chi connectivity index (χ3n) is 5.79. The van der Waals surface area contributed by atoms with Gasteiger partial charge in [-0.05, 0) is 66.6 Å². The normalized spacial score (nSPS) is 17.7. The van der Waals surface area contributed by atoms with E-state index in [1.54, 1.807) is 12.1 Å². The third kappa shape index (κ3) is 3.42. The Morgan fingerprint density at radius 2 is 1.97 bits per heavy atom. The zero-order valence-electron chi connectivity index (χ0n) is 16.7. The van der Waals surface area contributed by atoms with E-state index in [-0.39, 0.29) is 11.2 Å². The molecule has 1 aliphatic carbocycles. The molecular formula is C24H23ClN2O2. The molecule has 0 aromatic heterocycles. The van der Waals surface area contributed by atoms with Crippen molar-refractivity contribution in [2.75, 3.05) is 11.4 Å². The Bertz CT molecular complexity index is 1070. The van der Waals surface area contributed by atoms with Crippen LogP contribution in [-0.4, -0.2) is 25.0 Å². The van der Waals surface area contributed by atoms with Crippen molar-refractivity contribution < 1.29 is 9.59 Å². The number of hydrogen-bond donors (Lipinski definition) is 0. The minimum absolute atomic E-state index is 0.130. The van der Waals surface area contributed by atoms with Gasteiger partial charge in [0.2, 0.25) is 0 Å². The van der Waals surface area contributed by atoms with Gasteiger partial charge in [-0.15, -0.1) is 0 Å². The highest BCUT2D eigenvalue weighted by molar-refractivity contribution is 6.34. The highest BCUT2D eigenvalue weighted by Gasteiger charge is 2.37. The predicted octanol–water partition coefficient (Wildman–Crippen LogP) is 5.75. The Labute approximate surface area is 175 Å². The second kappa shape index (κ2) is 7.27. The van der Waals surface area contributed by atoms with E-state index >= 15 is 0 Å². The van der Waals surface area contributed by atoms with Crippen molar-refractivity contribution in [3.05, 3.63) is 64.2 Å². The fraction of sp³-hybridized carbons (Fsp3) is 0.292. The molecule has 0 radical (unpaired) electrons. The molecule has 0 atom stereocenters. The minimum Gasteiger partial charge on any atom is -0.340 e. The van der Waals surface area contributed by atoms with Gasteiger partial charge in [0.25, 0.3) is 5.91 Å². The second-order valence-corrected chi connectivity index (χ2v) is 8.70. The Balaban J connectivity index is 1.83. The van der Waals surface area contributed by atoms with Gasteiger partial charge in [0, 0.05) is 24.1 Å². The van der Waals surface area contributed by atoms with Crippen molar-refractivity contribution >= 4 is 47.0 Å². The van der Waals surface area contributed by atoms with Crippen molar-refractivity contribution in [1.82, 2.24) is 0 Å². The van der Waals surface area contributed by atoms with Gasteiger partial charge >= 0.3 is 0 Å². The lowest BCUT2D eigenvalue weighted by Gasteiger charge is -2.24. The first-order valence-electron chi connectivity index (χ1n) is 9.77. The van der Waals surface area contributed by atoms with Crippen LogP contribution in [0.15, 0.2) is 47.5 Å². The summed E-state index contributed by atoms with van der Waals surface area (Å²) in [7, 11) is 0. The molecule has 0 unspecified atom stereocenters.